The van der Waals surface area contributed by atoms with Gasteiger partial charge >= 0.3 is 0 Å². The van der Waals surface area contributed by atoms with Crippen LogP contribution in [0.15, 0.2) is 0 Å². The van der Waals surface area contributed by atoms with Gasteiger partial charge in [-0.05, 0) is 50.9 Å². The molecule has 0 amide bonds. The van der Waals surface area contributed by atoms with Crippen LogP contribution in [-0.2, 0) is 9.53 Å². The normalized spacial score (nSPS) is 35.6. The molecule has 0 N–H and O–H groups in total. The lowest BCUT2D eigenvalue weighted by atomic mass is 9.89. The Kier molecular flexibility index (Phi) is 4.39. The van der Waals surface area contributed by atoms with Crippen LogP contribution in [0.2, 0.25) is 0 Å². The molecule has 2 heteroatoms. The molecule has 1 unspecified atom stereocenters. The van der Waals surface area contributed by atoms with Gasteiger partial charge < -0.3 is 4.74 Å². The predicted molar refractivity (Wildman–Crippen MR) is 64.3 cm³/mol. The standard InChI is InChI=1S/C14H24O2/c1-11-5-7-13(8-6-11)16-10-9-12-3-2-4-14(12)15/h11-13H,2-10H2,1H3. The van der Waals surface area contributed by atoms with E-state index < -0.39 is 0 Å². The topological polar surface area (TPSA) is 26.3 Å². The van der Waals surface area contributed by atoms with Crippen molar-refractivity contribution in [1.82, 2.24) is 0 Å². The van der Waals surface area contributed by atoms with Gasteiger partial charge in [0.25, 0.3) is 0 Å². The van der Waals surface area contributed by atoms with Gasteiger partial charge in [-0.15, -0.1) is 0 Å². The first-order valence-electron chi connectivity index (χ1n) is 6.90. The molecule has 2 saturated carbocycles. The average molecular weight is 224 g/mol. The molecule has 0 bridgehead atoms. The van der Waals surface area contributed by atoms with Gasteiger partial charge in [-0.2, -0.15) is 0 Å². The van der Waals surface area contributed by atoms with E-state index in [9.17, 15) is 4.79 Å². The van der Waals surface area contributed by atoms with Gasteiger partial charge in [-0.1, -0.05) is 6.92 Å². The maximum Gasteiger partial charge on any atom is 0.136 e. The highest BCUT2D eigenvalue weighted by Crippen LogP contribution is 2.27. The highest BCUT2D eigenvalue weighted by Gasteiger charge is 2.24. The minimum absolute atomic E-state index is 0.322. The highest BCUT2D eigenvalue weighted by molar-refractivity contribution is 5.82. The Morgan fingerprint density at radius 2 is 1.94 bits per heavy atom. The van der Waals surface area contributed by atoms with E-state index in [-0.39, 0.29) is 0 Å². The van der Waals surface area contributed by atoms with E-state index in [0.29, 0.717) is 17.8 Å². The number of ketones is 1. The Morgan fingerprint density at radius 1 is 1.19 bits per heavy atom. The zero-order valence-electron chi connectivity index (χ0n) is 10.4. The van der Waals surface area contributed by atoms with Crippen molar-refractivity contribution in [2.45, 2.75) is 64.4 Å². The summed E-state index contributed by atoms with van der Waals surface area (Å²) in [7, 11) is 0. The van der Waals surface area contributed by atoms with Crippen molar-refractivity contribution in [2.75, 3.05) is 6.61 Å². The van der Waals surface area contributed by atoms with Crippen molar-refractivity contribution in [3.63, 3.8) is 0 Å². The van der Waals surface area contributed by atoms with E-state index in [1.54, 1.807) is 0 Å². The second-order valence-corrected chi connectivity index (χ2v) is 5.60. The van der Waals surface area contributed by atoms with Gasteiger partial charge in [-0.25, -0.2) is 0 Å². The van der Waals surface area contributed by atoms with Gasteiger partial charge in [0.2, 0.25) is 0 Å². The number of carbonyl (C=O) groups is 1. The number of hydrogen-bond acceptors (Lipinski definition) is 2. The van der Waals surface area contributed by atoms with Crippen molar-refractivity contribution in [3.8, 4) is 0 Å². The zero-order valence-corrected chi connectivity index (χ0v) is 10.4. The Labute approximate surface area is 98.7 Å². The Balaban J connectivity index is 1.59. The van der Waals surface area contributed by atoms with Gasteiger partial charge in [0.15, 0.2) is 0 Å². The second-order valence-electron chi connectivity index (χ2n) is 5.60. The van der Waals surface area contributed by atoms with Crippen LogP contribution in [0.4, 0.5) is 0 Å². The fourth-order valence-electron chi connectivity index (χ4n) is 2.97. The number of rotatable bonds is 4. The Bertz CT molecular complexity index is 229. The molecule has 0 spiro atoms. The first kappa shape index (κ1) is 12.1. The number of Topliss-reactive ketones (excluding diaryl/α,β-unsaturated/α-hetero) is 1. The summed E-state index contributed by atoms with van der Waals surface area (Å²) in [4.78, 5) is 11.4. The van der Waals surface area contributed by atoms with E-state index in [0.717, 1.165) is 38.2 Å². The smallest absolute Gasteiger partial charge is 0.136 e. The van der Waals surface area contributed by atoms with Crippen molar-refractivity contribution in [3.05, 3.63) is 0 Å². The molecule has 2 fully saturated rings. The molecule has 2 aliphatic carbocycles. The molecule has 0 aromatic carbocycles. The van der Waals surface area contributed by atoms with Crippen LogP contribution in [0, 0.1) is 11.8 Å². The summed E-state index contributed by atoms with van der Waals surface area (Å²) in [6.07, 6.45) is 9.53. The lowest BCUT2D eigenvalue weighted by Gasteiger charge is -2.26. The molecular formula is C14H24O2. The van der Waals surface area contributed by atoms with E-state index in [1.165, 1.54) is 25.7 Å². The van der Waals surface area contributed by atoms with Gasteiger partial charge in [0.05, 0.1) is 6.10 Å². The SMILES string of the molecule is CC1CCC(OCCC2CCCC2=O)CC1. The number of ether oxygens (including phenoxy) is 1. The number of hydrogen-bond donors (Lipinski definition) is 0. The average Bonchev–Trinajstić information content (AvgIpc) is 2.68. The predicted octanol–water partition coefficient (Wildman–Crippen LogP) is 3.34. The summed E-state index contributed by atoms with van der Waals surface area (Å²) >= 11 is 0. The molecule has 2 nitrogen and oxygen atoms in total. The fourth-order valence-corrected chi connectivity index (χ4v) is 2.97. The minimum Gasteiger partial charge on any atom is -0.378 e. The Morgan fingerprint density at radius 3 is 2.56 bits per heavy atom. The summed E-state index contributed by atoms with van der Waals surface area (Å²) in [6, 6.07) is 0. The monoisotopic (exact) mass is 224 g/mol. The second kappa shape index (κ2) is 5.81. The van der Waals surface area contributed by atoms with Crippen molar-refractivity contribution >= 4 is 5.78 Å². The lowest BCUT2D eigenvalue weighted by Crippen LogP contribution is -2.22. The Hall–Kier alpha value is -0.370. The van der Waals surface area contributed by atoms with Crippen LogP contribution in [0.5, 0.6) is 0 Å². The van der Waals surface area contributed by atoms with Crippen LogP contribution in [0.1, 0.15) is 58.3 Å². The van der Waals surface area contributed by atoms with Crippen LogP contribution in [-0.4, -0.2) is 18.5 Å². The first-order chi connectivity index (χ1) is 7.75. The minimum atomic E-state index is 0.322. The van der Waals surface area contributed by atoms with E-state index in [1.807, 2.05) is 0 Å². The lowest BCUT2D eigenvalue weighted by molar-refractivity contribution is -0.121. The third-order valence-electron chi connectivity index (χ3n) is 4.21. The molecule has 2 rings (SSSR count). The highest BCUT2D eigenvalue weighted by atomic mass is 16.5. The van der Waals surface area contributed by atoms with Crippen LogP contribution >= 0.6 is 0 Å². The quantitative estimate of drug-likeness (QED) is 0.732. The molecule has 0 aromatic heterocycles. The molecule has 0 saturated heterocycles. The largest absolute Gasteiger partial charge is 0.378 e. The molecular weight excluding hydrogens is 200 g/mol. The maximum atomic E-state index is 11.4. The van der Waals surface area contributed by atoms with Crippen molar-refractivity contribution in [2.24, 2.45) is 11.8 Å². The third-order valence-corrected chi connectivity index (χ3v) is 4.21. The summed E-state index contributed by atoms with van der Waals surface area (Å²) < 4.78 is 5.89. The van der Waals surface area contributed by atoms with Gasteiger partial charge in [0.1, 0.15) is 5.78 Å². The third kappa shape index (κ3) is 3.31. The zero-order chi connectivity index (χ0) is 11.4. The van der Waals surface area contributed by atoms with E-state index >= 15 is 0 Å². The summed E-state index contributed by atoms with van der Waals surface area (Å²) in [5.74, 6) is 1.68. The van der Waals surface area contributed by atoms with Gasteiger partial charge in [-0.3, -0.25) is 4.79 Å². The number of carbonyl (C=O) groups excluding carboxylic acids is 1. The summed E-state index contributed by atoms with van der Waals surface area (Å²) in [5.41, 5.74) is 0. The molecule has 0 aliphatic heterocycles. The fraction of sp³-hybridized carbons (Fsp3) is 0.929. The molecule has 0 aromatic rings. The summed E-state index contributed by atoms with van der Waals surface area (Å²) in [5, 5.41) is 0. The molecule has 16 heavy (non-hydrogen) atoms. The van der Waals surface area contributed by atoms with E-state index in [4.69, 9.17) is 4.74 Å². The molecule has 92 valence electrons. The van der Waals surface area contributed by atoms with Crippen LogP contribution in [0.25, 0.3) is 0 Å². The molecule has 1 atom stereocenters. The van der Waals surface area contributed by atoms with Crippen LogP contribution < -0.4 is 0 Å². The first-order valence-corrected chi connectivity index (χ1v) is 6.90. The molecule has 0 heterocycles. The van der Waals surface area contributed by atoms with Crippen LogP contribution in [0.3, 0.4) is 0 Å². The maximum absolute atomic E-state index is 11.4. The molecule has 2 aliphatic rings. The summed E-state index contributed by atoms with van der Waals surface area (Å²) in [6.45, 7) is 3.13. The van der Waals surface area contributed by atoms with Gasteiger partial charge in [0, 0.05) is 18.9 Å². The van der Waals surface area contributed by atoms with E-state index in [2.05, 4.69) is 6.92 Å². The van der Waals surface area contributed by atoms with Crippen molar-refractivity contribution in [1.29, 1.82) is 0 Å². The van der Waals surface area contributed by atoms with Crippen molar-refractivity contribution < 1.29 is 9.53 Å². The molecule has 0 radical (unpaired) electrons.